The minimum Gasteiger partial charge on any atom is -0.268 e. The number of anilines is 1. The van der Waals surface area contributed by atoms with Crippen LogP contribution in [0.4, 0.5) is 5.69 Å². The van der Waals surface area contributed by atoms with E-state index >= 15 is 0 Å². The first-order valence-corrected chi connectivity index (χ1v) is 9.20. The average Bonchev–Trinajstić information content (AvgIpc) is 2.89. The molecule has 1 amide bonds. The Morgan fingerprint density at radius 2 is 1.15 bits per heavy atom. The Bertz CT molecular complexity index is 963. The number of hydrogen-bond acceptors (Lipinski definition) is 2. The van der Waals surface area contributed by atoms with Crippen LogP contribution in [0.15, 0.2) is 103 Å². The Morgan fingerprint density at radius 3 is 1.77 bits per heavy atom. The number of para-hydroxylation sites is 1. The fraction of sp³-hybridized carbons (Fsp3) is 0. The van der Waals surface area contributed by atoms with Crippen LogP contribution in [-0.4, -0.2) is 5.91 Å². The van der Waals surface area contributed by atoms with Gasteiger partial charge in [-0.1, -0.05) is 78.9 Å². The molecular formula is C23H17NOS. The minimum atomic E-state index is -0.0189. The fourth-order valence-corrected chi connectivity index (χ4v) is 3.81. The van der Waals surface area contributed by atoms with Gasteiger partial charge >= 0.3 is 0 Å². The lowest BCUT2D eigenvalue weighted by molar-refractivity contribution is -0.112. The van der Waals surface area contributed by atoms with Gasteiger partial charge in [0.15, 0.2) is 0 Å². The third-order valence-corrected chi connectivity index (χ3v) is 5.27. The topological polar surface area (TPSA) is 20.3 Å². The van der Waals surface area contributed by atoms with E-state index in [9.17, 15) is 4.79 Å². The van der Waals surface area contributed by atoms with Gasteiger partial charge in [0.2, 0.25) is 0 Å². The van der Waals surface area contributed by atoms with E-state index in [1.165, 1.54) is 11.9 Å². The van der Waals surface area contributed by atoms with Gasteiger partial charge in [0.05, 0.1) is 5.69 Å². The highest BCUT2D eigenvalue weighted by Gasteiger charge is 2.25. The van der Waals surface area contributed by atoms with E-state index in [2.05, 4.69) is 12.1 Å². The van der Waals surface area contributed by atoms with Crippen LogP contribution in [-0.2, 0) is 4.79 Å². The highest BCUT2D eigenvalue weighted by atomic mass is 32.2. The fourth-order valence-electron chi connectivity index (χ4n) is 2.83. The normalized spacial score (nSPS) is 14.5. The third-order valence-electron chi connectivity index (χ3n) is 4.14. The van der Waals surface area contributed by atoms with Gasteiger partial charge in [0.25, 0.3) is 5.91 Å². The minimum absolute atomic E-state index is 0.0189. The number of carbonyl (C=O) groups is 1. The summed E-state index contributed by atoms with van der Waals surface area (Å²) in [4.78, 5) is 14.4. The van der Waals surface area contributed by atoms with Crippen molar-refractivity contribution in [3.8, 4) is 0 Å². The lowest BCUT2D eigenvalue weighted by Crippen LogP contribution is -2.24. The third kappa shape index (κ3) is 3.35. The zero-order chi connectivity index (χ0) is 17.8. The van der Waals surface area contributed by atoms with Gasteiger partial charge in [-0.3, -0.25) is 4.79 Å². The molecule has 0 aromatic heterocycles. The van der Waals surface area contributed by atoms with Gasteiger partial charge in [-0.25, -0.2) is 4.31 Å². The molecule has 0 spiro atoms. The van der Waals surface area contributed by atoms with E-state index in [1.54, 1.807) is 4.31 Å². The molecular weight excluding hydrogens is 338 g/mol. The molecule has 0 saturated carbocycles. The number of carbonyl (C=O) groups excluding carboxylic acids is 1. The summed E-state index contributed by atoms with van der Waals surface area (Å²) < 4.78 is 1.77. The van der Waals surface area contributed by atoms with Gasteiger partial charge in [-0.15, -0.1) is 0 Å². The van der Waals surface area contributed by atoms with Gasteiger partial charge in [0, 0.05) is 10.5 Å². The van der Waals surface area contributed by atoms with Crippen molar-refractivity contribution < 1.29 is 4.79 Å². The van der Waals surface area contributed by atoms with Crippen molar-refractivity contribution in [3.05, 3.63) is 114 Å². The quantitative estimate of drug-likeness (QED) is 0.553. The standard InChI is InChI=1S/C23H17NOS/c25-23-21(18-10-4-1-5-11-18)16-17-22(19-12-6-2-7-13-19)26-24(23)20-14-8-3-9-15-20/h1-17H. The molecule has 0 fully saturated rings. The lowest BCUT2D eigenvalue weighted by Gasteiger charge is -2.22. The second-order valence-electron chi connectivity index (χ2n) is 5.87. The van der Waals surface area contributed by atoms with Crippen molar-refractivity contribution in [3.63, 3.8) is 0 Å². The van der Waals surface area contributed by atoms with Crippen LogP contribution in [0.3, 0.4) is 0 Å². The molecule has 0 bridgehead atoms. The first-order chi connectivity index (χ1) is 12.8. The maximum absolute atomic E-state index is 13.3. The molecule has 126 valence electrons. The predicted molar refractivity (Wildman–Crippen MR) is 110 cm³/mol. The molecule has 3 aromatic rings. The highest BCUT2D eigenvalue weighted by Crippen LogP contribution is 2.39. The Labute approximate surface area is 157 Å². The summed E-state index contributed by atoms with van der Waals surface area (Å²) in [6, 6.07) is 29.7. The number of hydrogen-bond donors (Lipinski definition) is 0. The summed E-state index contributed by atoms with van der Waals surface area (Å²) in [7, 11) is 0. The van der Waals surface area contributed by atoms with E-state index < -0.39 is 0 Å². The first kappa shape index (κ1) is 16.4. The monoisotopic (exact) mass is 355 g/mol. The highest BCUT2D eigenvalue weighted by molar-refractivity contribution is 8.10. The SMILES string of the molecule is O=C1C(c2ccccc2)=CC=C(c2ccccc2)SN1c1ccccc1. The summed E-state index contributed by atoms with van der Waals surface area (Å²) in [6.45, 7) is 0. The van der Waals surface area contributed by atoms with Crippen molar-refractivity contribution in [2.45, 2.75) is 0 Å². The number of amides is 1. The summed E-state index contributed by atoms with van der Waals surface area (Å²) in [5, 5.41) is 0. The maximum atomic E-state index is 13.3. The van der Waals surface area contributed by atoms with E-state index in [0.717, 1.165) is 21.7 Å². The molecule has 0 saturated heterocycles. The largest absolute Gasteiger partial charge is 0.269 e. The molecule has 3 heteroatoms. The molecule has 0 N–H and O–H groups in total. The second-order valence-corrected chi connectivity index (χ2v) is 6.86. The van der Waals surface area contributed by atoms with Crippen LogP contribution >= 0.6 is 11.9 Å². The average molecular weight is 355 g/mol. The molecule has 0 atom stereocenters. The Balaban J connectivity index is 1.82. The number of allylic oxidation sites excluding steroid dienone is 2. The molecule has 0 radical (unpaired) electrons. The number of benzene rings is 3. The Hall–Kier alpha value is -3.04. The van der Waals surface area contributed by atoms with Crippen molar-refractivity contribution in [2.24, 2.45) is 0 Å². The molecule has 2 nitrogen and oxygen atoms in total. The van der Waals surface area contributed by atoms with Gasteiger partial charge in [0.1, 0.15) is 0 Å². The van der Waals surface area contributed by atoms with Gasteiger partial charge in [-0.05, 0) is 47.4 Å². The van der Waals surface area contributed by atoms with Gasteiger partial charge < -0.3 is 0 Å². The maximum Gasteiger partial charge on any atom is 0.269 e. The molecule has 1 aliphatic heterocycles. The summed E-state index contributed by atoms with van der Waals surface area (Å²) in [5.74, 6) is -0.0189. The molecule has 0 unspecified atom stereocenters. The van der Waals surface area contributed by atoms with E-state index in [4.69, 9.17) is 0 Å². The zero-order valence-corrected chi connectivity index (χ0v) is 14.9. The second kappa shape index (κ2) is 7.46. The predicted octanol–water partition coefficient (Wildman–Crippen LogP) is 5.81. The van der Waals surface area contributed by atoms with Crippen molar-refractivity contribution in [2.75, 3.05) is 4.31 Å². The molecule has 1 aliphatic rings. The van der Waals surface area contributed by atoms with E-state index in [0.29, 0.717) is 5.57 Å². The number of nitrogens with zero attached hydrogens (tertiary/aromatic N) is 1. The lowest BCUT2D eigenvalue weighted by atomic mass is 10.0. The van der Waals surface area contributed by atoms with Crippen LogP contribution in [0.25, 0.3) is 10.5 Å². The van der Waals surface area contributed by atoms with Crippen molar-refractivity contribution >= 4 is 34.0 Å². The summed E-state index contributed by atoms with van der Waals surface area (Å²) >= 11 is 1.46. The summed E-state index contributed by atoms with van der Waals surface area (Å²) in [5.41, 5.74) is 3.57. The number of rotatable bonds is 3. The van der Waals surface area contributed by atoms with Crippen LogP contribution in [0.2, 0.25) is 0 Å². The van der Waals surface area contributed by atoms with Crippen LogP contribution in [0.5, 0.6) is 0 Å². The smallest absolute Gasteiger partial charge is 0.268 e. The summed E-state index contributed by atoms with van der Waals surface area (Å²) in [6.07, 6.45) is 3.96. The van der Waals surface area contributed by atoms with E-state index in [-0.39, 0.29) is 5.91 Å². The molecule has 4 rings (SSSR count). The molecule has 26 heavy (non-hydrogen) atoms. The molecule has 1 heterocycles. The Kier molecular flexibility index (Phi) is 4.71. The van der Waals surface area contributed by atoms with Crippen molar-refractivity contribution in [1.29, 1.82) is 0 Å². The Morgan fingerprint density at radius 1 is 0.615 bits per heavy atom. The van der Waals surface area contributed by atoms with Crippen molar-refractivity contribution in [1.82, 2.24) is 0 Å². The molecule has 0 aliphatic carbocycles. The van der Waals surface area contributed by atoms with Crippen LogP contribution in [0.1, 0.15) is 11.1 Å². The van der Waals surface area contributed by atoms with Crippen LogP contribution < -0.4 is 4.31 Å². The van der Waals surface area contributed by atoms with E-state index in [1.807, 2.05) is 91.0 Å². The zero-order valence-electron chi connectivity index (χ0n) is 14.1. The molecule has 3 aromatic carbocycles. The first-order valence-electron chi connectivity index (χ1n) is 8.43. The van der Waals surface area contributed by atoms with Gasteiger partial charge in [-0.2, -0.15) is 0 Å². The van der Waals surface area contributed by atoms with Crippen LogP contribution in [0, 0.1) is 0 Å².